The van der Waals surface area contributed by atoms with E-state index >= 15 is 0 Å². The van der Waals surface area contributed by atoms with Crippen LogP contribution in [0.5, 0.6) is 0 Å². The van der Waals surface area contributed by atoms with Crippen LogP contribution in [0.15, 0.2) is 42.5 Å². The first kappa shape index (κ1) is 23.1. The molecule has 1 aliphatic carbocycles. The molecule has 5 nitrogen and oxygen atoms in total. The molecule has 0 spiro atoms. The Labute approximate surface area is 200 Å². The molecule has 0 aliphatic heterocycles. The lowest BCUT2D eigenvalue weighted by Crippen LogP contribution is -2.27. The van der Waals surface area contributed by atoms with Gasteiger partial charge in [-0.2, -0.15) is 0 Å². The summed E-state index contributed by atoms with van der Waals surface area (Å²) < 4.78 is 2.04. The fourth-order valence-corrected chi connectivity index (χ4v) is 4.55. The van der Waals surface area contributed by atoms with E-state index < -0.39 is 11.5 Å². The van der Waals surface area contributed by atoms with Crippen LogP contribution in [0.4, 0.5) is 5.69 Å². The van der Waals surface area contributed by atoms with Gasteiger partial charge in [-0.1, -0.05) is 50.0 Å². The third-order valence-corrected chi connectivity index (χ3v) is 6.93. The number of nitrogens with zero attached hydrogens (tertiary/aromatic N) is 1. The van der Waals surface area contributed by atoms with Crippen molar-refractivity contribution in [3.05, 3.63) is 63.8 Å². The van der Waals surface area contributed by atoms with Gasteiger partial charge in [0.05, 0.1) is 34.7 Å². The third-order valence-electron chi connectivity index (χ3n) is 6.19. The van der Waals surface area contributed by atoms with E-state index in [0.29, 0.717) is 22.3 Å². The Morgan fingerprint density at radius 3 is 2.47 bits per heavy atom. The Balaban J connectivity index is 0.00000204. The first-order valence-electron chi connectivity index (χ1n) is 10.7. The van der Waals surface area contributed by atoms with Crippen LogP contribution in [-0.2, 0) is 22.2 Å². The summed E-state index contributed by atoms with van der Waals surface area (Å²) in [7, 11) is 0. The van der Waals surface area contributed by atoms with Crippen molar-refractivity contribution in [1.29, 1.82) is 0 Å². The normalized spacial score (nSPS) is 16.2. The Morgan fingerprint density at radius 2 is 1.88 bits per heavy atom. The van der Waals surface area contributed by atoms with Crippen molar-refractivity contribution in [2.24, 2.45) is 0 Å². The van der Waals surface area contributed by atoms with Crippen LogP contribution < -0.4 is 5.32 Å². The predicted octanol–water partition coefficient (Wildman–Crippen LogP) is 5.76. The van der Waals surface area contributed by atoms with Gasteiger partial charge in [0, 0.05) is 30.6 Å². The molecule has 3 aromatic rings. The Bertz CT molecular complexity index is 1190. The summed E-state index contributed by atoms with van der Waals surface area (Å²) in [5.41, 5.74) is 2.88. The van der Waals surface area contributed by atoms with Crippen LogP contribution in [0.2, 0.25) is 10.0 Å². The second-order valence-electron chi connectivity index (χ2n) is 9.67. The van der Waals surface area contributed by atoms with Crippen LogP contribution in [0.3, 0.4) is 0 Å². The molecule has 3 N–H and O–H groups in total. The number of amides is 1. The number of rotatable bonds is 6. The Morgan fingerprint density at radius 1 is 1.16 bits per heavy atom. The van der Waals surface area contributed by atoms with Crippen molar-refractivity contribution in [2.75, 3.05) is 11.9 Å². The van der Waals surface area contributed by atoms with Gasteiger partial charge in [0.2, 0.25) is 5.91 Å². The molecule has 174 valence electrons. The molecule has 1 fully saturated rings. The van der Waals surface area contributed by atoms with Crippen LogP contribution in [0.25, 0.3) is 10.9 Å². The summed E-state index contributed by atoms with van der Waals surface area (Å²) >= 11 is 12.2. The SMILES string of the molecule is CC(C)(C)c1cc2cc(NC(=O)C3(c4ccc(Cl)c(Cl)c4)CC3)ccc2n1C[C@@H](O)CO.[HH].[HH]. The number of nitrogens with one attached hydrogen (secondary N) is 1. The zero-order chi connectivity index (χ0) is 23.3. The van der Waals surface area contributed by atoms with Crippen LogP contribution in [-0.4, -0.2) is 33.4 Å². The molecule has 1 amide bonds. The molecule has 0 unspecified atom stereocenters. The van der Waals surface area contributed by atoms with Gasteiger partial charge in [0.1, 0.15) is 0 Å². The van der Waals surface area contributed by atoms with Crippen molar-refractivity contribution in [1.82, 2.24) is 4.57 Å². The summed E-state index contributed by atoms with van der Waals surface area (Å²) in [5, 5.41) is 24.3. The number of aromatic nitrogens is 1. The zero-order valence-electron chi connectivity index (χ0n) is 18.5. The van der Waals surface area contributed by atoms with Crippen LogP contribution in [0.1, 0.15) is 47.7 Å². The average Bonchev–Trinajstić information content (AvgIpc) is 3.47. The number of anilines is 1. The van der Waals surface area contributed by atoms with Gasteiger partial charge < -0.3 is 20.1 Å². The Hall–Kier alpha value is -2.05. The fraction of sp³-hybridized carbons (Fsp3) is 0.400. The maximum atomic E-state index is 13.2. The summed E-state index contributed by atoms with van der Waals surface area (Å²) in [5.74, 6) is -0.0542. The van der Waals surface area contributed by atoms with Crippen LogP contribution >= 0.6 is 23.2 Å². The van der Waals surface area contributed by atoms with E-state index in [1.54, 1.807) is 12.1 Å². The first-order chi connectivity index (χ1) is 15.0. The highest BCUT2D eigenvalue weighted by molar-refractivity contribution is 6.42. The van der Waals surface area contributed by atoms with Gasteiger partial charge in [-0.25, -0.2) is 0 Å². The largest absolute Gasteiger partial charge is 0.394 e. The number of carbonyl (C=O) groups excluding carboxylic acids is 1. The zero-order valence-corrected chi connectivity index (χ0v) is 20.0. The van der Waals surface area contributed by atoms with Gasteiger partial charge in [-0.3, -0.25) is 4.79 Å². The molecule has 2 aromatic carbocycles. The number of hydrogen-bond donors (Lipinski definition) is 3. The van der Waals surface area contributed by atoms with Gasteiger partial charge >= 0.3 is 0 Å². The third kappa shape index (κ3) is 4.27. The van der Waals surface area contributed by atoms with E-state index in [2.05, 4.69) is 32.2 Å². The lowest BCUT2D eigenvalue weighted by Gasteiger charge is -2.23. The van der Waals surface area contributed by atoms with Crippen LogP contribution in [0, 0.1) is 0 Å². The molecule has 4 rings (SSSR count). The number of aliphatic hydroxyl groups excluding tert-OH is 2. The van der Waals surface area contributed by atoms with Gasteiger partial charge in [-0.05, 0) is 54.8 Å². The second kappa shape index (κ2) is 8.38. The van der Waals surface area contributed by atoms with Crippen molar-refractivity contribution in [3.8, 4) is 0 Å². The molecule has 1 heterocycles. The monoisotopic (exact) mass is 478 g/mol. The minimum Gasteiger partial charge on any atom is -0.394 e. The molecule has 1 aromatic heterocycles. The summed E-state index contributed by atoms with van der Waals surface area (Å²) in [4.78, 5) is 13.2. The number of hydrogen-bond acceptors (Lipinski definition) is 3. The summed E-state index contributed by atoms with van der Waals surface area (Å²) in [6, 6.07) is 13.2. The average molecular weight is 479 g/mol. The molecule has 0 saturated heterocycles. The molecule has 1 atom stereocenters. The lowest BCUT2D eigenvalue weighted by atomic mass is 9.92. The van der Waals surface area contributed by atoms with E-state index in [1.807, 2.05) is 28.8 Å². The van der Waals surface area contributed by atoms with E-state index in [1.165, 1.54) is 0 Å². The quantitative estimate of drug-likeness (QED) is 0.421. The minimum atomic E-state index is -0.841. The van der Waals surface area contributed by atoms with E-state index in [0.717, 1.165) is 35.0 Å². The molecule has 1 saturated carbocycles. The minimum absolute atomic E-state index is 0. The van der Waals surface area contributed by atoms with Crippen molar-refractivity contribution in [2.45, 2.75) is 57.1 Å². The summed E-state index contributed by atoms with van der Waals surface area (Å²) in [6.45, 7) is 6.34. The number of halogens is 2. The smallest absolute Gasteiger partial charge is 0.235 e. The number of carbonyl (C=O) groups is 1. The van der Waals surface area contributed by atoms with Gasteiger partial charge in [0.15, 0.2) is 0 Å². The van der Waals surface area contributed by atoms with Crippen molar-refractivity contribution >= 4 is 45.7 Å². The number of aliphatic hydroxyl groups is 2. The lowest BCUT2D eigenvalue weighted by molar-refractivity contribution is -0.118. The predicted molar refractivity (Wildman–Crippen MR) is 134 cm³/mol. The maximum Gasteiger partial charge on any atom is 0.235 e. The molecular formula is C25H32Cl2N2O3. The second-order valence-corrected chi connectivity index (χ2v) is 10.5. The van der Waals surface area contributed by atoms with E-state index in [4.69, 9.17) is 23.2 Å². The molecule has 0 bridgehead atoms. The molecule has 7 heteroatoms. The van der Waals surface area contributed by atoms with Crippen molar-refractivity contribution in [3.63, 3.8) is 0 Å². The first-order valence-corrected chi connectivity index (χ1v) is 11.5. The topological polar surface area (TPSA) is 74.5 Å². The molecular weight excluding hydrogens is 447 g/mol. The standard InChI is InChI=1S/C25H28Cl2N2O3.2H2/c1-24(2,3)22-11-15-10-17(5-7-21(15)29(22)13-18(31)14-30)28-23(32)25(8-9-25)16-4-6-19(26)20(27)12-16;;/h4-7,10-12,18,30-31H,8-9,13-14H2,1-3H3,(H,28,32);2*1H/t18-;;/m1../s1. The highest BCUT2D eigenvalue weighted by Gasteiger charge is 2.51. The van der Waals surface area contributed by atoms with E-state index in [9.17, 15) is 15.0 Å². The van der Waals surface area contributed by atoms with Crippen molar-refractivity contribution < 1.29 is 17.9 Å². The maximum absolute atomic E-state index is 13.2. The fourth-order valence-electron chi connectivity index (χ4n) is 4.25. The number of fused-ring (bicyclic) bond motifs is 1. The molecule has 1 aliphatic rings. The highest BCUT2D eigenvalue weighted by Crippen LogP contribution is 2.50. The number of benzene rings is 2. The van der Waals surface area contributed by atoms with Gasteiger partial charge in [-0.15, -0.1) is 0 Å². The molecule has 0 radical (unpaired) electrons. The highest BCUT2D eigenvalue weighted by atomic mass is 35.5. The van der Waals surface area contributed by atoms with Gasteiger partial charge in [0.25, 0.3) is 0 Å². The molecule has 32 heavy (non-hydrogen) atoms. The summed E-state index contributed by atoms with van der Waals surface area (Å²) in [6.07, 6.45) is 0.692. The van der Waals surface area contributed by atoms with E-state index in [-0.39, 0.29) is 20.8 Å². The Kier molecular flexibility index (Phi) is 6.05.